The van der Waals surface area contributed by atoms with Gasteiger partial charge in [0.1, 0.15) is 12.1 Å². The van der Waals surface area contributed by atoms with Gasteiger partial charge in [-0.1, -0.05) is 35.9 Å². The van der Waals surface area contributed by atoms with Crippen molar-refractivity contribution in [2.24, 2.45) is 0 Å². The van der Waals surface area contributed by atoms with Gasteiger partial charge < -0.3 is 5.32 Å². The Morgan fingerprint density at radius 1 is 1.10 bits per heavy atom. The van der Waals surface area contributed by atoms with E-state index in [1.807, 2.05) is 0 Å². The molecule has 6 nitrogen and oxygen atoms in total. The third-order valence-electron chi connectivity index (χ3n) is 6.98. The highest BCUT2D eigenvalue weighted by atomic mass is 35.5. The molecule has 0 spiro atoms. The summed E-state index contributed by atoms with van der Waals surface area (Å²) >= 11 is 5.54. The molecule has 0 saturated heterocycles. The van der Waals surface area contributed by atoms with Crippen LogP contribution in [-0.4, -0.2) is 40.1 Å². The number of halogens is 6. The number of hydrogen-bond donors (Lipinski definition) is 1. The molecule has 1 aromatic heterocycles. The SMILES string of the molecule is C[C@@](C(=O)NCCc1cccc(F)c1)(c1cncnc1)N(C(=O)[C@H](F)Cl)c1ccc(C2(C(F)(F)F)CC2)cc1. The largest absolute Gasteiger partial charge is 0.398 e. The highest BCUT2D eigenvalue weighted by Gasteiger charge is 2.64. The van der Waals surface area contributed by atoms with E-state index in [4.69, 9.17) is 11.6 Å². The number of alkyl halides is 5. The van der Waals surface area contributed by atoms with Crippen LogP contribution in [0.3, 0.4) is 0 Å². The van der Waals surface area contributed by atoms with Gasteiger partial charge in [0.25, 0.3) is 17.4 Å². The third kappa shape index (κ3) is 5.59. The molecule has 1 heterocycles. The van der Waals surface area contributed by atoms with Gasteiger partial charge in [0.15, 0.2) is 5.54 Å². The number of carbonyl (C=O) groups excluding carboxylic acids is 2. The molecule has 1 N–H and O–H groups in total. The summed E-state index contributed by atoms with van der Waals surface area (Å²) in [6.45, 7) is 1.35. The van der Waals surface area contributed by atoms with Gasteiger partial charge in [-0.25, -0.2) is 18.7 Å². The van der Waals surface area contributed by atoms with E-state index in [-0.39, 0.29) is 42.6 Å². The van der Waals surface area contributed by atoms with Crippen LogP contribution in [0.2, 0.25) is 0 Å². The summed E-state index contributed by atoms with van der Waals surface area (Å²) in [6.07, 6.45) is -0.635. The average Bonchev–Trinajstić information content (AvgIpc) is 3.72. The van der Waals surface area contributed by atoms with E-state index in [1.54, 1.807) is 6.07 Å². The molecular weight excluding hydrogens is 543 g/mol. The van der Waals surface area contributed by atoms with Crippen molar-refractivity contribution in [1.29, 1.82) is 0 Å². The van der Waals surface area contributed by atoms with Crippen LogP contribution in [0.15, 0.2) is 67.3 Å². The Kier molecular flexibility index (Phi) is 7.92. The molecule has 1 aliphatic rings. The lowest BCUT2D eigenvalue weighted by atomic mass is 9.89. The number of aromatic nitrogens is 2. The molecule has 1 saturated carbocycles. The quantitative estimate of drug-likeness (QED) is 0.280. The topological polar surface area (TPSA) is 75.2 Å². The molecule has 2 atom stereocenters. The van der Waals surface area contributed by atoms with E-state index in [1.165, 1.54) is 68.1 Å². The summed E-state index contributed by atoms with van der Waals surface area (Å²) in [5.74, 6) is -2.52. The third-order valence-corrected chi connectivity index (χ3v) is 7.16. The molecule has 0 unspecified atom stereocenters. The van der Waals surface area contributed by atoms with Crippen molar-refractivity contribution in [3.05, 3.63) is 89.8 Å². The van der Waals surface area contributed by atoms with Crippen molar-refractivity contribution in [3.63, 3.8) is 0 Å². The second-order valence-corrected chi connectivity index (χ2v) is 9.82. The molecule has 1 aliphatic carbocycles. The van der Waals surface area contributed by atoms with Gasteiger partial charge in [0, 0.05) is 30.2 Å². The number of benzene rings is 2. The van der Waals surface area contributed by atoms with E-state index in [2.05, 4.69) is 15.3 Å². The van der Waals surface area contributed by atoms with E-state index in [0.717, 1.165) is 4.90 Å². The number of amides is 2. The number of carbonyl (C=O) groups is 2. The zero-order chi connectivity index (χ0) is 28.4. The Hall–Kier alpha value is -3.60. The van der Waals surface area contributed by atoms with Gasteiger partial charge in [-0.05, 0) is 61.6 Å². The minimum Gasteiger partial charge on any atom is -0.353 e. The molecule has 4 rings (SSSR count). The Balaban J connectivity index is 1.71. The minimum absolute atomic E-state index is 0.00175. The van der Waals surface area contributed by atoms with E-state index >= 15 is 0 Å². The summed E-state index contributed by atoms with van der Waals surface area (Å²) in [5, 5.41) is 2.67. The second kappa shape index (κ2) is 10.9. The van der Waals surface area contributed by atoms with Gasteiger partial charge in [0.05, 0.1) is 5.41 Å². The Morgan fingerprint density at radius 3 is 2.28 bits per heavy atom. The maximum absolute atomic E-state index is 14.3. The zero-order valence-electron chi connectivity index (χ0n) is 20.7. The minimum atomic E-state index is -4.46. The van der Waals surface area contributed by atoms with Crippen molar-refractivity contribution < 1.29 is 31.5 Å². The zero-order valence-corrected chi connectivity index (χ0v) is 21.4. The van der Waals surface area contributed by atoms with E-state index in [0.29, 0.717) is 5.56 Å². The lowest BCUT2D eigenvalue weighted by Gasteiger charge is -2.40. The monoisotopic (exact) mass is 566 g/mol. The summed E-state index contributed by atoms with van der Waals surface area (Å²) < 4.78 is 68.8. The Bertz CT molecular complexity index is 1330. The molecule has 1 fully saturated rings. The molecule has 0 bridgehead atoms. The smallest absolute Gasteiger partial charge is 0.353 e. The average molecular weight is 567 g/mol. The molecule has 0 radical (unpaired) electrons. The first-order chi connectivity index (χ1) is 18.4. The van der Waals surface area contributed by atoms with Crippen molar-refractivity contribution in [1.82, 2.24) is 15.3 Å². The fourth-order valence-electron chi connectivity index (χ4n) is 4.59. The maximum Gasteiger partial charge on any atom is 0.398 e. The van der Waals surface area contributed by atoms with Crippen molar-refractivity contribution in [2.45, 2.75) is 48.9 Å². The second-order valence-electron chi connectivity index (χ2n) is 9.44. The Labute approximate surface area is 226 Å². The van der Waals surface area contributed by atoms with Crippen LogP contribution in [0, 0.1) is 5.82 Å². The fourth-order valence-corrected chi connectivity index (χ4v) is 4.69. The lowest BCUT2D eigenvalue weighted by molar-refractivity contribution is -0.160. The fraction of sp³-hybridized carbons (Fsp3) is 0.333. The van der Waals surface area contributed by atoms with Crippen LogP contribution in [0.5, 0.6) is 0 Å². The van der Waals surface area contributed by atoms with Crippen LogP contribution in [0.4, 0.5) is 27.6 Å². The molecular formula is C27H24ClF5N4O2. The number of nitrogens with zero attached hydrogens (tertiary/aromatic N) is 3. The van der Waals surface area contributed by atoms with E-state index in [9.17, 15) is 31.5 Å². The number of nitrogens with one attached hydrogen (secondary N) is 1. The van der Waals surface area contributed by atoms with Crippen molar-refractivity contribution in [2.75, 3.05) is 11.4 Å². The van der Waals surface area contributed by atoms with Crippen molar-refractivity contribution in [3.8, 4) is 0 Å². The molecule has 3 aromatic rings. The molecule has 2 amide bonds. The maximum atomic E-state index is 14.3. The summed E-state index contributed by atoms with van der Waals surface area (Å²) in [5.41, 5.74) is -5.87. The highest BCUT2D eigenvalue weighted by molar-refractivity contribution is 6.32. The lowest BCUT2D eigenvalue weighted by Crippen LogP contribution is -2.58. The van der Waals surface area contributed by atoms with E-state index < -0.39 is 40.4 Å². The summed E-state index contributed by atoms with van der Waals surface area (Å²) in [6, 6.07) is 10.6. The highest BCUT2D eigenvalue weighted by Crippen LogP contribution is 2.59. The van der Waals surface area contributed by atoms with Gasteiger partial charge >= 0.3 is 6.18 Å². The number of hydrogen-bond acceptors (Lipinski definition) is 4. The first-order valence-electron chi connectivity index (χ1n) is 12.0. The van der Waals surface area contributed by atoms with Gasteiger partial charge in [-0.15, -0.1) is 0 Å². The predicted octanol–water partition coefficient (Wildman–Crippen LogP) is 5.35. The summed E-state index contributed by atoms with van der Waals surface area (Å²) in [7, 11) is 0. The molecule has 2 aromatic carbocycles. The van der Waals surface area contributed by atoms with Crippen LogP contribution in [0.25, 0.3) is 0 Å². The van der Waals surface area contributed by atoms with Gasteiger partial charge in [-0.2, -0.15) is 13.2 Å². The molecule has 12 heteroatoms. The van der Waals surface area contributed by atoms with Crippen LogP contribution < -0.4 is 10.2 Å². The standard InChI is InChI=1S/C27H24ClF5N4O2/c1-25(19-14-34-16-35-15-19,24(39)36-12-9-17-3-2-4-20(29)13-17)37(23(38)22(28)30)21-7-5-18(6-8-21)26(10-11-26)27(31,32)33/h2-8,13-16,22H,9-12H2,1H3,(H,36,39)/t22-,25-/m0/s1. The molecule has 206 valence electrons. The Morgan fingerprint density at radius 2 is 1.74 bits per heavy atom. The number of anilines is 1. The van der Waals surface area contributed by atoms with Gasteiger partial charge in [0.2, 0.25) is 0 Å². The molecule has 0 aliphatic heterocycles. The molecule has 39 heavy (non-hydrogen) atoms. The summed E-state index contributed by atoms with van der Waals surface area (Å²) in [4.78, 5) is 35.4. The van der Waals surface area contributed by atoms with Crippen LogP contribution in [0.1, 0.15) is 36.5 Å². The van der Waals surface area contributed by atoms with Crippen LogP contribution >= 0.6 is 11.6 Å². The first-order valence-corrected chi connectivity index (χ1v) is 12.4. The number of rotatable bonds is 9. The van der Waals surface area contributed by atoms with Crippen LogP contribution in [-0.2, 0) is 27.0 Å². The predicted molar refractivity (Wildman–Crippen MR) is 134 cm³/mol. The van der Waals surface area contributed by atoms with Gasteiger partial charge in [-0.3, -0.25) is 14.5 Å². The van der Waals surface area contributed by atoms with Crippen molar-refractivity contribution >= 4 is 29.1 Å². The normalized spacial score (nSPS) is 16.6. The first kappa shape index (κ1) is 28.4.